The van der Waals surface area contributed by atoms with Crippen LogP contribution in [-0.4, -0.2) is 69.5 Å². The first-order valence-corrected chi connectivity index (χ1v) is 15.9. The van der Waals surface area contributed by atoms with E-state index < -0.39 is 59.7 Å². The molecule has 0 radical (unpaired) electrons. The molecule has 0 aromatic heterocycles. The van der Waals surface area contributed by atoms with Gasteiger partial charge in [-0.1, -0.05) is 77.0 Å². The van der Waals surface area contributed by atoms with Gasteiger partial charge in [0.1, 0.15) is 0 Å². The van der Waals surface area contributed by atoms with Crippen molar-refractivity contribution in [1.82, 2.24) is 9.80 Å². The number of carbonyl (C=O) groups is 2. The standard InChI is InChI=1S/C30H44F8N2O2/c31-27(32,25(41)39(21-13-5-1-6-14-21)22-15-7-2-8-16-22)29(35,36)30(37,38)28(33,34)26(42)40(23-17-9-3-10-18-23)24-19-11-4-12-20-24/h21-24H,1-20H2. The number of halogens is 8. The SMILES string of the molecule is O=C(N(C1CCCCC1)C1CCCCC1)C(F)(F)C(F)(F)C(F)(F)C(F)(F)C(=O)N(C1CCCCC1)C1CCCCC1. The lowest BCUT2D eigenvalue weighted by atomic mass is 9.86. The first-order chi connectivity index (χ1) is 19.7. The topological polar surface area (TPSA) is 40.6 Å². The molecule has 0 aliphatic heterocycles. The average molecular weight is 617 g/mol. The van der Waals surface area contributed by atoms with E-state index in [1.165, 1.54) is 0 Å². The summed E-state index contributed by atoms with van der Waals surface area (Å²) in [4.78, 5) is 27.6. The van der Waals surface area contributed by atoms with Crippen LogP contribution in [0.25, 0.3) is 0 Å². The van der Waals surface area contributed by atoms with Crippen molar-refractivity contribution in [2.24, 2.45) is 0 Å². The van der Waals surface area contributed by atoms with Crippen molar-refractivity contribution < 1.29 is 44.7 Å². The number of rotatable bonds is 9. The van der Waals surface area contributed by atoms with Crippen molar-refractivity contribution in [2.45, 2.75) is 176 Å². The highest BCUT2D eigenvalue weighted by Crippen LogP contribution is 2.54. The predicted octanol–water partition coefficient (Wildman–Crippen LogP) is 8.52. The van der Waals surface area contributed by atoms with E-state index in [0.717, 1.165) is 25.7 Å². The third-order valence-corrected chi connectivity index (χ3v) is 10.1. The second-order valence-corrected chi connectivity index (χ2v) is 12.9. The molecular formula is C30H44F8N2O2. The summed E-state index contributed by atoms with van der Waals surface area (Å²) in [7, 11) is 0. The van der Waals surface area contributed by atoms with E-state index in [0.29, 0.717) is 61.2 Å². The van der Waals surface area contributed by atoms with Crippen LogP contribution in [0.4, 0.5) is 35.1 Å². The van der Waals surface area contributed by atoms with Crippen molar-refractivity contribution in [1.29, 1.82) is 0 Å². The highest BCUT2D eigenvalue weighted by Gasteiger charge is 2.85. The first-order valence-electron chi connectivity index (χ1n) is 15.9. The van der Waals surface area contributed by atoms with Crippen molar-refractivity contribution >= 4 is 11.8 Å². The lowest BCUT2D eigenvalue weighted by molar-refractivity contribution is -0.351. The van der Waals surface area contributed by atoms with Crippen LogP contribution in [0.1, 0.15) is 128 Å². The first kappa shape index (κ1) is 33.3. The van der Waals surface area contributed by atoms with Crippen LogP contribution in [0.5, 0.6) is 0 Å². The molecule has 4 aliphatic carbocycles. The van der Waals surface area contributed by atoms with Gasteiger partial charge in [-0.25, -0.2) is 0 Å². The Balaban J connectivity index is 1.65. The van der Waals surface area contributed by atoms with Gasteiger partial charge in [0.25, 0.3) is 11.8 Å². The Morgan fingerprint density at radius 2 is 0.571 bits per heavy atom. The summed E-state index contributed by atoms with van der Waals surface area (Å²) in [5.41, 5.74) is 0. The smallest absolute Gasteiger partial charge is 0.331 e. The van der Waals surface area contributed by atoms with Crippen LogP contribution >= 0.6 is 0 Å². The monoisotopic (exact) mass is 616 g/mol. The normalized spacial score (nSPS) is 23.5. The van der Waals surface area contributed by atoms with Gasteiger partial charge in [-0.3, -0.25) is 9.59 Å². The Bertz CT molecular complexity index is 812. The summed E-state index contributed by atoms with van der Waals surface area (Å²) < 4.78 is 123. The van der Waals surface area contributed by atoms with E-state index in [1.54, 1.807) is 0 Å². The number of alkyl halides is 8. The Kier molecular flexibility index (Phi) is 10.4. The largest absolute Gasteiger partial charge is 0.393 e. The maximum absolute atomic E-state index is 15.5. The third kappa shape index (κ3) is 6.15. The minimum absolute atomic E-state index is 0.243. The zero-order chi connectivity index (χ0) is 30.8. The molecule has 0 N–H and O–H groups in total. The van der Waals surface area contributed by atoms with Gasteiger partial charge in [0.15, 0.2) is 0 Å². The van der Waals surface area contributed by atoms with E-state index in [2.05, 4.69) is 0 Å². The average Bonchev–Trinajstić information content (AvgIpc) is 2.99. The molecule has 2 amide bonds. The van der Waals surface area contributed by atoms with E-state index in [1.807, 2.05) is 0 Å². The molecular weight excluding hydrogens is 572 g/mol. The van der Waals surface area contributed by atoms with Crippen LogP contribution in [0.2, 0.25) is 0 Å². The van der Waals surface area contributed by atoms with Gasteiger partial charge in [0.2, 0.25) is 0 Å². The van der Waals surface area contributed by atoms with Gasteiger partial charge < -0.3 is 9.80 Å². The van der Waals surface area contributed by atoms with E-state index >= 15 is 35.1 Å². The molecule has 0 unspecified atom stereocenters. The van der Waals surface area contributed by atoms with E-state index in [4.69, 9.17) is 0 Å². The minimum Gasteiger partial charge on any atom is -0.331 e. The van der Waals surface area contributed by atoms with Gasteiger partial charge in [-0.15, -0.1) is 0 Å². The summed E-state index contributed by atoms with van der Waals surface area (Å²) >= 11 is 0. The molecule has 4 nitrogen and oxygen atoms in total. The fourth-order valence-electron chi connectivity index (χ4n) is 7.68. The van der Waals surface area contributed by atoms with Gasteiger partial charge in [0.05, 0.1) is 0 Å². The summed E-state index contributed by atoms with van der Waals surface area (Å²) in [6.45, 7) is 0. The predicted molar refractivity (Wildman–Crippen MR) is 141 cm³/mol. The molecule has 0 bridgehead atoms. The van der Waals surface area contributed by atoms with Crippen molar-refractivity contribution in [3.8, 4) is 0 Å². The summed E-state index contributed by atoms with van der Waals surface area (Å²) in [5, 5.41) is 0. The molecule has 0 heterocycles. The second kappa shape index (κ2) is 13.2. The lowest BCUT2D eigenvalue weighted by Gasteiger charge is -2.46. The maximum Gasteiger partial charge on any atom is 0.393 e. The fraction of sp³-hybridized carbons (Fsp3) is 0.933. The summed E-state index contributed by atoms with van der Waals surface area (Å²) in [6, 6.07) is -3.44. The molecule has 4 aliphatic rings. The number of amides is 2. The number of carbonyl (C=O) groups excluding carboxylic acids is 2. The summed E-state index contributed by atoms with van der Waals surface area (Å²) in [5.74, 6) is -31.0. The third-order valence-electron chi connectivity index (χ3n) is 10.1. The Labute approximate surface area is 242 Å². The lowest BCUT2D eigenvalue weighted by Crippen LogP contribution is -2.71. The van der Waals surface area contributed by atoms with Crippen molar-refractivity contribution in [3.05, 3.63) is 0 Å². The van der Waals surface area contributed by atoms with Gasteiger partial charge in [-0.2, -0.15) is 35.1 Å². The number of nitrogens with zero attached hydrogens (tertiary/aromatic N) is 2. The van der Waals surface area contributed by atoms with Crippen LogP contribution in [-0.2, 0) is 9.59 Å². The highest BCUT2D eigenvalue weighted by molar-refractivity contribution is 5.88. The van der Waals surface area contributed by atoms with E-state index in [9.17, 15) is 9.59 Å². The highest BCUT2D eigenvalue weighted by atomic mass is 19.4. The molecule has 12 heteroatoms. The molecule has 4 rings (SSSR count). The minimum atomic E-state index is -6.82. The van der Waals surface area contributed by atoms with Crippen LogP contribution in [0.3, 0.4) is 0 Å². The van der Waals surface area contributed by atoms with Gasteiger partial charge in [0, 0.05) is 24.2 Å². The molecule has 0 atom stereocenters. The van der Waals surface area contributed by atoms with Crippen LogP contribution in [0.15, 0.2) is 0 Å². The van der Waals surface area contributed by atoms with Crippen molar-refractivity contribution in [3.63, 3.8) is 0 Å². The van der Waals surface area contributed by atoms with Gasteiger partial charge in [-0.05, 0) is 51.4 Å². The molecule has 4 fully saturated rings. The van der Waals surface area contributed by atoms with Crippen LogP contribution in [0, 0.1) is 0 Å². The zero-order valence-electron chi connectivity index (χ0n) is 24.2. The molecule has 0 spiro atoms. The molecule has 0 aromatic carbocycles. The van der Waals surface area contributed by atoms with E-state index in [-0.39, 0.29) is 51.4 Å². The fourth-order valence-corrected chi connectivity index (χ4v) is 7.68. The Hall–Kier alpha value is -1.62. The number of hydrogen-bond acceptors (Lipinski definition) is 2. The second-order valence-electron chi connectivity index (χ2n) is 12.9. The maximum atomic E-state index is 15.5. The Morgan fingerprint density at radius 1 is 0.381 bits per heavy atom. The number of hydrogen-bond donors (Lipinski definition) is 0. The Morgan fingerprint density at radius 3 is 0.762 bits per heavy atom. The molecule has 4 saturated carbocycles. The van der Waals surface area contributed by atoms with Crippen molar-refractivity contribution in [2.75, 3.05) is 0 Å². The zero-order valence-corrected chi connectivity index (χ0v) is 24.2. The quantitative estimate of drug-likeness (QED) is 0.244. The molecule has 0 saturated heterocycles. The summed E-state index contributed by atoms with van der Waals surface area (Å²) in [6.07, 6.45) is 9.31. The molecule has 42 heavy (non-hydrogen) atoms. The van der Waals surface area contributed by atoms with Crippen LogP contribution < -0.4 is 0 Å². The molecule has 0 aromatic rings. The molecule has 242 valence electrons. The van der Waals surface area contributed by atoms with Gasteiger partial charge >= 0.3 is 23.7 Å².